The van der Waals surface area contributed by atoms with Gasteiger partial charge in [-0.2, -0.15) is 0 Å². The highest BCUT2D eigenvalue weighted by atomic mass is 35.5. The summed E-state index contributed by atoms with van der Waals surface area (Å²) in [5, 5.41) is 5.57. The lowest BCUT2D eigenvalue weighted by molar-refractivity contribution is -0.120. The molecular weight excluding hydrogens is 251 g/mol. The number of urea groups is 1. The van der Waals surface area contributed by atoms with E-state index in [9.17, 15) is 9.59 Å². The molecule has 1 fully saturated rings. The first-order valence-corrected chi connectivity index (χ1v) is 5.37. The van der Waals surface area contributed by atoms with Gasteiger partial charge in [0.05, 0.1) is 10.0 Å². The fourth-order valence-corrected chi connectivity index (χ4v) is 1.83. The molecule has 1 aliphatic heterocycles. The molecule has 16 heavy (non-hydrogen) atoms. The molecule has 0 radical (unpaired) electrons. The van der Waals surface area contributed by atoms with Crippen LogP contribution in [0.25, 0.3) is 0 Å². The van der Waals surface area contributed by atoms with Crippen molar-refractivity contribution in [1.29, 1.82) is 0 Å². The minimum Gasteiger partial charge on any atom is -0.326 e. The standard InChI is InChI=1S/C10H8Cl2N2O2/c11-6-2-1-5(3-7(6)12)4-8-9(15)14-10(16)13-8/h1-3,8H,4H2,(H2,13,14,15,16). The van der Waals surface area contributed by atoms with Gasteiger partial charge in [-0.25, -0.2) is 4.79 Å². The monoisotopic (exact) mass is 258 g/mol. The van der Waals surface area contributed by atoms with Gasteiger partial charge < -0.3 is 5.32 Å². The number of imide groups is 1. The van der Waals surface area contributed by atoms with E-state index in [1.54, 1.807) is 18.2 Å². The fourth-order valence-electron chi connectivity index (χ4n) is 1.50. The molecule has 0 aromatic heterocycles. The highest BCUT2D eigenvalue weighted by Crippen LogP contribution is 2.23. The largest absolute Gasteiger partial charge is 0.326 e. The summed E-state index contributed by atoms with van der Waals surface area (Å²) in [5.41, 5.74) is 0.844. The smallest absolute Gasteiger partial charge is 0.322 e. The molecule has 0 spiro atoms. The van der Waals surface area contributed by atoms with E-state index >= 15 is 0 Å². The molecule has 2 N–H and O–H groups in total. The molecule has 0 aliphatic carbocycles. The maximum atomic E-state index is 11.3. The van der Waals surface area contributed by atoms with Crippen LogP contribution in [0.2, 0.25) is 10.0 Å². The molecule has 1 aromatic carbocycles. The SMILES string of the molecule is O=C1NC(=O)C(Cc2ccc(Cl)c(Cl)c2)N1. The Kier molecular flexibility index (Phi) is 3.03. The molecule has 1 heterocycles. The minimum absolute atomic E-state index is 0.323. The maximum Gasteiger partial charge on any atom is 0.322 e. The van der Waals surface area contributed by atoms with Gasteiger partial charge in [0, 0.05) is 6.42 Å². The number of halogens is 2. The molecule has 6 heteroatoms. The highest BCUT2D eigenvalue weighted by Gasteiger charge is 2.29. The number of carbonyl (C=O) groups is 2. The van der Waals surface area contributed by atoms with Crippen LogP contribution in [0.5, 0.6) is 0 Å². The second kappa shape index (κ2) is 4.31. The Morgan fingerprint density at radius 3 is 2.50 bits per heavy atom. The summed E-state index contributed by atoms with van der Waals surface area (Å²) < 4.78 is 0. The van der Waals surface area contributed by atoms with Gasteiger partial charge in [-0.3, -0.25) is 10.1 Å². The van der Waals surface area contributed by atoms with Gasteiger partial charge in [-0.15, -0.1) is 0 Å². The van der Waals surface area contributed by atoms with Gasteiger partial charge in [-0.05, 0) is 17.7 Å². The molecule has 84 valence electrons. The van der Waals surface area contributed by atoms with Crippen LogP contribution in [0, 0.1) is 0 Å². The van der Waals surface area contributed by atoms with Gasteiger partial charge in [0.15, 0.2) is 0 Å². The predicted molar refractivity (Wildman–Crippen MR) is 60.6 cm³/mol. The lowest BCUT2D eigenvalue weighted by Crippen LogP contribution is -2.31. The first-order chi connectivity index (χ1) is 7.56. The van der Waals surface area contributed by atoms with Crippen LogP contribution >= 0.6 is 23.2 Å². The fraction of sp³-hybridized carbons (Fsp3) is 0.200. The first-order valence-electron chi connectivity index (χ1n) is 4.61. The third kappa shape index (κ3) is 2.28. The van der Waals surface area contributed by atoms with Crippen LogP contribution in [-0.2, 0) is 11.2 Å². The summed E-state index contributed by atoms with van der Waals surface area (Å²) in [6.07, 6.45) is 0.397. The van der Waals surface area contributed by atoms with Crippen molar-refractivity contribution in [2.45, 2.75) is 12.5 Å². The van der Waals surface area contributed by atoms with E-state index in [2.05, 4.69) is 10.6 Å². The van der Waals surface area contributed by atoms with Crippen molar-refractivity contribution in [1.82, 2.24) is 10.6 Å². The van der Waals surface area contributed by atoms with E-state index in [1.165, 1.54) is 0 Å². The number of amides is 3. The van der Waals surface area contributed by atoms with Crippen molar-refractivity contribution >= 4 is 35.1 Å². The molecule has 1 unspecified atom stereocenters. The molecule has 3 amide bonds. The van der Waals surface area contributed by atoms with Crippen LogP contribution in [0.3, 0.4) is 0 Å². The number of nitrogens with one attached hydrogen (secondary N) is 2. The van der Waals surface area contributed by atoms with Crippen molar-refractivity contribution in [2.75, 3.05) is 0 Å². The topological polar surface area (TPSA) is 58.2 Å². The van der Waals surface area contributed by atoms with Crippen molar-refractivity contribution in [3.63, 3.8) is 0 Å². The Balaban J connectivity index is 2.12. The summed E-state index contributed by atoms with van der Waals surface area (Å²) in [4.78, 5) is 22.2. The highest BCUT2D eigenvalue weighted by molar-refractivity contribution is 6.42. The van der Waals surface area contributed by atoms with Gasteiger partial charge in [0.2, 0.25) is 0 Å². The lowest BCUT2D eigenvalue weighted by Gasteiger charge is -2.07. The third-order valence-corrected chi connectivity index (χ3v) is 3.02. The van der Waals surface area contributed by atoms with Crippen molar-refractivity contribution in [3.8, 4) is 0 Å². The van der Waals surface area contributed by atoms with Crippen molar-refractivity contribution in [3.05, 3.63) is 33.8 Å². The molecule has 0 bridgehead atoms. The number of hydrogen-bond acceptors (Lipinski definition) is 2. The molecule has 0 saturated carbocycles. The van der Waals surface area contributed by atoms with Crippen LogP contribution in [0.15, 0.2) is 18.2 Å². The summed E-state index contributed by atoms with van der Waals surface area (Å²) >= 11 is 11.6. The minimum atomic E-state index is -0.537. The Labute approximate surface area is 102 Å². The number of rotatable bonds is 2. The van der Waals surface area contributed by atoms with E-state index in [1.807, 2.05) is 0 Å². The van der Waals surface area contributed by atoms with Crippen molar-refractivity contribution < 1.29 is 9.59 Å². The Morgan fingerprint density at radius 1 is 1.19 bits per heavy atom. The second-order valence-corrected chi connectivity index (χ2v) is 4.28. The lowest BCUT2D eigenvalue weighted by atomic mass is 10.1. The zero-order valence-electron chi connectivity index (χ0n) is 8.09. The van der Waals surface area contributed by atoms with Crippen LogP contribution < -0.4 is 10.6 Å². The third-order valence-electron chi connectivity index (χ3n) is 2.28. The van der Waals surface area contributed by atoms with E-state index in [0.29, 0.717) is 16.5 Å². The van der Waals surface area contributed by atoms with E-state index in [4.69, 9.17) is 23.2 Å². The Morgan fingerprint density at radius 2 is 1.94 bits per heavy atom. The van der Waals surface area contributed by atoms with Crippen LogP contribution in [0.1, 0.15) is 5.56 Å². The van der Waals surface area contributed by atoms with Gasteiger partial charge in [0.1, 0.15) is 6.04 Å². The second-order valence-electron chi connectivity index (χ2n) is 3.47. The van der Waals surface area contributed by atoms with Crippen molar-refractivity contribution in [2.24, 2.45) is 0 Å². The van der Waals surface area contributed by atoms with Gasteiger partial charge >= 0.3 is 6.03 Å². The Hall–Kier alpha value is -1.26. The quantitative estimate of drug-likeness (QED) is 0.795. The number of benzene rings is 1. The van der Waals surface area contributed by atoms with Crippen LogP contribution in [-0.4, -0.2) is 18.0 Å². The molecule has 2 rings (SSSR count). The first kappa shape index (κ1) is 11.2. The average Bonchev–Trinajstić information content (AvgIpc) is 2.51. The maximum absolute atomic E-state index is 11.3. The van der Waals surface area contributed by atoms with Gasteiger partial charge in [0.25, 0.3) is 5.91 Å². The normalized spacial score (nSPS) is 19.5. The van der Waals surface area contributed by atoms with E-state index in [-0.39, 0.29) is 5.91 Å². The zero-order chi connectivity index (χ0) is 11.7. The molecule has 1 aliphatic rings. The van der Waals surface area contributed by atoms with Gasteiger partial charge in [-0.1, -0.05) is 29.3 Å². The summed E-state index contributed by atoms with van der Waals surface area (Å²) in [6.45, 7) is 0. The number of carbonyl (C=O) groups excluding carboxylic acids is 2. The van der Waals surface area contributed by atoms with Crippen LogP contribution in [0.4, 0.5) is 4.79 Å². The zero-order valence-corrected chi connectivity index (χ0v) is 9.60. The predicted octanol–water partition coefficient (Wildman–Crippen LogP) is 1.74. The molecule has 1 aromatic rings. The van der Waals surface area contributed by atoms with E-state index in [0.717, 1.165) is 5.56 Å². The molecule has 1 saturated heterocycles. The molecular formula is C10H8Cl2N2O2. The molecule has 1 atom stereocenters. The summed E-state index contributed by atoms with van der Waals surface area (Å²) in [7, 11) is 0. The number of hydrogen-bond donors (Lipinski definition) is 2. The summed E-state index contributed by atoms with van der Waals surface area (Å²) in [5.74, 6) is -0.323. The summed E-state index contributed by atoms with van der Waals surface area (Å²) in [6, 6.07) is 4.11. The average molecular weight is 259 g/mol. The molecule has 4 nitrogen and oxygen atoms in total. The Bertz CT molecular complexity index is 462. The van der Waals surface area contributed by atoms with E-state index < -0.39 is 12.1 Å².